The van der Waals surface area contributed by atoms with E-state index in [1.165, 1.54) is 25.6 Å². The van der Waals surface area contributed by atoms with Gasteiger partial charge in [-0.05, 0) is 37.8 Å². The minimum atomic E-state index is -2.80. The number of ether oxygens (including phenoxy) is 1. The lowest BCUT2D eigenvalue weighted by molar-refractivity contribution is 0.102. The maximum atomic E-state index is 13.6. The molecule has 5 rings (SSSR count). The highest BCUT2D eigenvalue weighted by atomic mass is 32.1. The lowest BCUT2D eigenvalue weighted by Crippen LogP contribution is -2.44. The fourth-order valence-corrected chi connectivity index (χ4v) is 4.37. The Hall–Kier alpha value is -4.11. The van der Waals surface area contributed by atoms with Gasteiger partial charge in [-0.15, -0.1) is 10.2 Å². The third-order valence-corrected chi connectivity index (χ3v) is 7.00. The minimum absolute atomic E-state index is 0.145. The van der Waals surface area contributed by atoms with E-state index in [4.69, 9.17) is 4.74 Å². The molecule has 0 aromatic carbocycles. The van der Waals surface area contributed by atoms with Crippen molar-refractivity contribution in [2.75, 3.05) is 19.5 Å². The van der Waals surface area contributed by atoms with Crippen molar-refractivity contribution in [2.45, 2.75) is 31.9 Å². The Bertz CT molecular complexity index is 1440. The van der Waals surface area contributed by atoms with E-state index in [0.717, 1.165) is 24.2 Å². The number of methoxy groups -OCH3 is 1. The molecule has 4 heterocycles. The van der Waals surface area contributed by atoms with Gasteiger partial charge in [-0.1, -0.05) is 17.3 Å². The fraction of sp³-hybridized carbons (Fsp3) is 0.320. The molecule has 1 fully saturated rings. The molecule has 1 aliphatic carbocycles. The zero-order chi connectivity index (χ0) is 26.2. The molecule has 0 saturated heterocycles. The van der Waals surface area contributed by atoms with E-state index in [0.29, 0.717) is 22.2 Å². The number of anilines is 1. The van der Waals surface area contributed by atoms with E-state index in [1.54, 1.807) is 12.3 Å². The number of alkyl halides is 2. The molecule has 1 amide bonds. The fourth-order valence-electron chi connectivity index (χ4n) is 3.77. The topological polar surface area (TPSA) is 105 Å². The summed E-state index contributed by atoms with van der Waals surface area (Å²) in [4.78, 5) is 23.6. The highest BCUT2D eigenvalue weighted by Gasteiger charge is 2.35. The molecule has 190 valence electrons. The molecular formula is C25H23F2N7O2S. The van der Waals surface area contributed by atoms with Crippen molar-refractivity contribution in [2.24, 2.45) is 5.92 Å². The largest absolute Gasteiger partial charge is 0.494 e. The zero-order valence-corrected chi connectivity index (χ0v) is 21.1. The lowest BCUT2D eigenvalue weighted by atomic mass is 9.96. The normalized spacial score (nSPS) is 18.4. The molecule has 1 aliphatic heterocycles. The molecule has 37 heavy (non-hydrogen) atoms. The number of aromatic nitrogens is 4. The Morgan fingerprint density at radius 1 is 1.27 bits per heavy atom. The number of amides is 1. The lowest BCUT2D eigenvalue weighted by Gasteiger charge is -2.33. The van der Waals surface area contributed by atoms with E-state index in [1.807, 2.05) is 25.1 Å². The molecule has 2 aliphatic rings. The van der Waals surface area contributed by atoms with Gasteiger partial charge in [0, 0.05) is 42.7 Å². The van der Waals surface area contributed by atoms with Crippen molar-refractivity contribution in [1.82, 2.24) is 30.4 Å². The summed E-state index contributed by atoms with van der Waals surface area (Å²) >= 11 is 1.16. The Morgan fingerprint density at radius 3 is 2.76 bits per heavy atom. The van der Waals surface area contributed by atoms with Gasteiger partial charge in [-0.3, -0.25) is 20.1 Å². The highest BCUT2D eigenvalue weighted by Crippen LogP contribution is 2.37. The first-order chi connectivity index (χ1) is 17.8. The first-order valence-electron chi connectivity index (χ1n) is 11.4. The number of carbonyl (C=O) groups is 1. The van der Waals surface area contributed by atoms with E-state index in [2.05, 4.69) is 42.6 Å². The summed E-state index contributed by atoms with van der Waals surface area (Å²) in [5.74, 6) is 6.20. The third-order valence-electron chi connectivity index (χ3n) is 6.24. The van der Waals surface area contributed by atoms with E-state index in [9.17, 15) is 13.6 Å². The van der Waals surface area contributed by atoms with Crippen molar-refractivity contribution in [3.63, 3.8) is 0 Å². The van der Waals surface area contributed by atoms with Crippen molar-refractivity contribution < 1.29 is 18.3 Å². The van der Waals surface area contributed by atoms with Crippen LogP contribution in [0.25, 0.3) is 11.1 Å². The number of carbonyl (C=O) groups excluding carboxylic acids is 1. The van der Waals surface area contributed by atoms with Crippen LogP contribution in [0.4, 0.5) is 13.9 Å². The second-order valence-electron chi connectivity index (χ2n) is 8.78. The summed E-state index contributed by atoms with van der Waals surface area (Å²) in [6, 6.07) is 2.91. The Kier molecular flexibility index (Phi) is 6.47. The van der Waals surface area contributed by atoms with Crippen molar-refractivity contribution >= 4 is 22.4 Å². The van der Waals surface area contributed by atoms with Crippen molar-refractivity contribution in [3.8, 4) is 28.7 Å². The van der Waals surface area contributed by atoms with Gasteiger partial charge >= 0.3 is 0 Å². The third kappa shape index (κ3) is 4.95. The van der Waals surface area contributed by atoms with Crippen LogP contribution in [0.5, 0.6) is 5.75 Å². The van der Waals surface area contributed by atoms with Crippen LogP contribution in [0.15, 0.2) is 36.9 Å². The van der Waals surface area contributed by atoms with Crippen LogP contribution < -0.4 is 15.4 Å². The molecular weight excluding hydrogens is 500 g/mol. The molecule has 0 radical (unpaired) electrons. The van der Waals surface area contributed by atoms with Crippen molar-refractivity contribution in [1.29, 1.82) is 0 Å². The monoisotopic (exact) mass is 523 g/mol. The highest BCUT2D eigenvalue weighted by molar-refractivity contribution is 7.15. The van der Waals surface area contributed by atoms with Crippen LogP contribution in [0, 0.1) is 17.8 Å². The summed E-state index contributed by atoms with van der Waals surface area (Å²) in [7, 11) is 3.28. The van der Waals surface area contributed by atoms with Crippen LogP contribution in [-0.2, 0) is 5.66 Å². The summed E-state index contributed by atoms with van der Waals surface area (Å²) in [6.07, 6.45) is 5.64. The van der Waals surface area contributed by atoms with Crippen LogP contribution in [0.1, 0.15) is 52.9 Å². The first-order valence-corrected chi connectivity index (χ1v) is 12.3. The van der Waals surface area contributed by atoms with E-state index in [-0.39, 0.29) is 22.0 Å². The number of halogens is 2. The van der Waals surface area contributed by atoms with Crippen LogP contribution in [0.3, 0.4) is 0 Å². The van der Waals surface area contributed by atoms with Gasteiger partial charge < -0.3 is 15.0 Å². The van der Waals surface area contributed by atoms with Gasteiger partial charge in [0.1, 0.15) is 11.4 Å². The maximum absolute atomic E-state index is 13.6. The standard InChI is InChI=1S/C25H23F2N7O2S/c1-25(30-8-9-34(25)2)20-11-15(16-10-18(22(26)27)28-13-19(16)36-3)17(12-29-20)23(35)31-24-33-32-21(37-24)7-6-14-4-5-14/h8-14,22,30H,4-5H2,1-3H3,(H,31,33,35). The van der Waals surface area contributed by atoms with Gasteiger partial charge in [-0.2, -0.15) is 0 Å². The van der Waals surface area contributed by atoms with Gasteiger partial charge in [-0.25, -0.2) is 8.78 Å². The Morgan fingerprint density at radius 2 is 2.08 bits per heavy atom. The molecule has 0 bridgehead atoms. The molecule has 2 N–H and O–H groups in total. The summed E-state index contributed by atoms with van der Waals surface area (Å²) in [6.45, 7) is 1.92. The van der Waals surface area contributed by atoms with Crippen LogP contribution in [0.2, 0.25) is 0 Å². The first kappa shape index (κ1) is 24.6. The molecule has 1 atom stereocenters. The number of hydrogen-bond donors (Lipinski definition) is 2. The predicted molar refractivity (Wildman–Crippen MR) is 134 cm³/mol. The molecule has 0 spiro atoms. The number of nitrogens with zero attached hydrogens (tertiary/aromatic N) is 5. The Balaban J connectivity index is 1.56. The van der Waals surface area contributed by atoms with Crippen molar-refractivity contribution in [3.05, 3.63) is 58.9 Å². The average Bonchev–Trinajstić information content (AvgIpc) is 3.53. The predicted octanol–water partition coefficient (Wildman–Crippen LogP) is 4.13. The summed E-state index contributed by atoms with van der Waals surface area (Å²) < 4.78 is 32.5. The smallest absolute Gasteiger partial charge is 0.280 e. The summed E-state index contributed by atoms with van der Waals surface area (Å²) in [5.41, 5.74) is 0.193. The number of nitrogens with one attached hydrogen (secondary N) is 2. The Labute approximate surface area is 216 Å². The van der Waals surface area contributed by atoms with Gasteiger partial charge in [0.05, 0.1) is 24.6 Å². The average molecular weight is 524 g/mol. The van der Waals surface area contributed by atoms with Crippen LogP contribution in [-0.4, -0.2) is 45.1 Å². The van der Waals surface area contributed by atoms with Gasteiger partial charge in [0.2, 0.25) is 5.13 Å². The van der Waals surface area contributed by atoms with E-state index < -0.39 is 23.7 Å². The second-order valence-corrected chi connectivity index (χ2v) is 9.76. The van der Waals surface area contributed by atoms with Gasteiger partial charge in [0.25, 0.3) is 12.3 Å². The number of hydrogen-bond acceptors (Lipinski definition) is 9. The molecule has 1 unspecified atom stereocenters. The molecule has 9 nitrogen and oxygen atoms in total. The minimum Gasteiger partial charge on any atom is -0.494 e. The van der Waals surface area contributed by atoms with E-state index >= 15 is 0 Å². The molecule has 3 aromatic rings. The van der Waals surface area contributed by atoms with Gasteiger partial charge in [0.15, 0.2) is 10.7 Å². The SMILES string of the molecule is COc1cnc(C(F)F)cc1-c1cc(C2(C)NC=CN2C)ncc1C(=O)Nc1nnc(C#CC2CC2)s1. The number of pyridine rings is 2. The maximum Gasteiger partial charge on any atom is 0.280 e. The molecule has 12 heteroatoms. The quantitative estimate of drug-likeness (QED) is 0.465. The second kappa shape index (κ2) is 9.74. The van der Waals surface area contributed by atoms with Crippen LogP contribution >= 0.6 is 11.3 Å². The zero-order valence-electron chi connectivity index (χ0n) is 20.2. The molecule has 1 saturated carbocycles. The molecule has 3 aromatic heterocycles. The summed E-state index contributed by atoms with van der Waals surface area (Å²) in [5, 5.41) is 14.8. The number of rotatable bonds is 6.